The highest BCUT2D eigenvalue weighted by molar-refractivity contribution is 5.87. The number of hydrogen-bond acceptors (Lipinski definition) is 6. The van der Waals surface area contributed by atoms with E-state index in [9.17, 15) is 14.7 Å². The van der Waals surface area contributed by atoms with E-state index in [0.29, 0.717) is 18.7 Å². The predicted molar refractivity (Wildman–Crippen MR) is 67.9 cm³/mol. The standard InChI is InChI=1S/C12H17N3O4/c1-4-12(5-2,11(17)18)13-9-7-6-8(14-15-9)10(16)19-3/h6-7H,4-5H2,1-3H3,(H,13,15)(H,17,18). The van der Waals surface area contributed by atoms with Crippen molar-refractivity contribution < 1.29 is 19.4 Å². The highest BCUT2D eigenvalue weighted by Gasteiger charge is 2.35. The third-order valence-corrected chi connectivity index (χ3v) is 3.04. The van der Waals surface area contributed by atoms with Gasteiger partial charge in [0, 0.05) is 0 Å². The first-order chi connectivity index (χ1) is 8.99. The summed E-state index contributed by atoms with van der Waals surface area (Å²) in [5.41, 5.74) is -1.01. The second-order valence-electron chi connectivity index (χ2n) is 4.01. The van der Waals surface area contributed by atoms with Crippen molar-refractivity contribution in [2.24, 2.45) is 0 Å². The monoisotopic (exact) mass is 267 g/mol. The van der Waals surface area contributed by atoms with E-state index in [1.165, 1.54) is 19.2 Å². The van der Waals surface area contributed by atoms with Gasteiger partial charge in [0.05, 0.1) is 7.11 Å². The number of anilines is 1. The van der Waals surface area contributed by atoms with E-state index in [4.69, 9.17) is 0 Å². The summed E-state index contributed by atoms with van der Waals surface area (Å²) in [4.78, 5) is 22.5. The lowest BCUT2D eigenvalue weighted by Crippen LogP contribution is -2.45. The largest absolute Gasteiger partial charge is 0.480 e. The third kappa shape index (κ3) is 3.18. The summed E-state index contributed by atoms with van der Waals surface area (Å²) in [5, 5.41) is 19.6. The molecule has 7 heteroatoms. The summed E-state index contributed by atoms with van der Waals surface area (Å²) in [6, 6.07) is 2.93. The number of carboxylic acid groups (broad SMARTS) is 1. The number of carbonyl (C=O) groups is 2. The van der Waals surface area contributed by atoms with Gasteiger partial charge in [0.15, 0.2) is 5.69 Å². The van der Waals surface area contributed by atoms with Gasteiger partial charge in [0.1, 0.15) is 11.4 Å². The van der Waals surface area contributed by atoms with Crippen LogP contribution < -0.4 is 5.32 Å². The zero-order valence-electron chi connectivity index (χ0n) is 11.1. The van der Waals surface area contributed by atoms with Gasteiger partial charge in [-0.05, 0) is 25.0 Å². The number of aromatic nitrogens is 2. The molecule has 0 atom stereocenters. The van der Waals surface area contributed by atoms with E-state index in [0.717, 1.165) is 0 Å². The molecule has 0 spiro atoms. The molecule has 1 aromatic heterocycles. The fraction of sp³-hybridized carbons (Fsp3) is 0.500. The van der Waals surface area contributed by atoms with E-state index < -0.39 is 17.5 Å². The van der Waals surface area contributed by atoms with E-state index in [-0.39, 0.29) is 5.69 Å². The highest BCUT2D eigenvalue weighted by atomic mass is 16.5. The lowest BCUT2D eigenvalue weighted by molar-refractivity contribution is -0.142. The second kappa shape index (κ2) is 6.12. The molecule has 1 rings (SSSR count). The molecule has 0 radical (unpaired) electrons. The van der Waals surface area contributed by atoms with Crippen LogP contribution in [0.4, 0.5) is 5.82 Å². The molecule has 7 nitrogen and oxygen atoms in total. The van der Waals surface area contributed by atoms with Crippen LogP contribution in [0.2, 0.25) is 0 Å². The van der Waals surface area contributed by atoms with Gasteiger partial charge < -0.3 is 15.2 Å². The van der Waals surface area contributed by atoms with Gasteiger partial charge in [0.2, 0.25) is 0 Å². The molecule has 0 fully saturated rings. The van der Waals surface area contributed by atoms with Crippen LogP contribution in [-0.2, 0) is 9.53 Å². The molecule has 0 aromatic carbocycles. The third-order valence-electron chi connectivity index (χ3n) is 3.04. The molecule has 1 heterocycles. The molecular weight excluding hydrogens is 250 g/mol. The number of nitrogens with zero attached hydrogens (tertiary/aromatic N) is 2. The van der Waals surface area contributed by atoms with Gasteiger partial charge in [0.25, 0.3) is 0 Å². The maximum Gasteiger partial charge on any atom is 0.358 e. The Balaban J connectivity index is 2.93. The first-order valence-electron chi connectivity index (χ1n) is 5.92. The van der Waals surface area contributed by atoms with Crippen molar-refractivity contribution in [1.29, 1.82) is 0 Å². The van der Waals surface area contributed by atoms with Gasteiger partial charge in [-0.3, -0.25) is 0 Å². The molecule has 2 N–H and O–H groups in total. The van der Waals surface area contributed by atoms with Crippen LogP contribution in [0.3, 0.4) is 0 Å². The van der Waals surface area contributed by atoms with E-state index in [1.807, 2.05) is 0 Å². The Morgan fingerprint density at radius 1 is 1.32 bits per heavy atom. The Hall–Kier alpha value is -2.18. The maximum absolute atomic E-state index is 11.3. The van der Waals surface area contributed by atoms with Crippen LogP contribution in [0.25, 0.3) is 0 Å². The number of carboxylic acids is 1. The summed E-state index contributed by atoms with van der Waals surface area (Å²) in [6.07, 6.45) is 0.804. The van der Waals surface area contributed by atoms with Crippen LogP contribution in [0.15, 0.2) is 12.1 Å². The van der Waals surface area contributed by atoms with Crippen LogP contribution in [0.1, 0.15) is 37.2 Å². The summed E-state index contributed by atoms with van der Waals surface area (Å²) in [7, 11) is 1.25. The number of rotatable bonds is 6. The zero-order chi connectivity index (χ0) is 14.5. The fourth-order valence-corrected chi connectivity index (χ4v) is 1.64. The average molecular weight is 267 g/mol. The summed E-state index contributed by atoms with van der Waals surface area (Å²) in [5.74, 6) is -1.23. The number of esters is 1. The van der Waals surface area contributed by atoms with Gasteiger partial charge in [-0.2, -0.15) is 0 Å². The fourth-order valence-electron chi connectivity index (χ4n) is 1.64. The molecule has 0 aliphatic carbocycles. The van der Waals surface area contributed by atoms with Crippen molar-refractivity contribution in [2.45, 2.75) is 32.2 Å². The van der Waals surface area contributed by atoms with Crippen molar-refractivity contribution >= 4 is 17.8 Å². The lowest BCUT2D eigenvalue weighted by Gasteiger charge is -2.28. The number of aliphatic carboxylic acids is 1. The highest BCUT2D eigenvalue weighted by Crippen LogP contribution is 2.21. The molecule has 0 unspecified atom stereocenters. The van der Waals surface area contributed by atoms with Crippen molar-refractivity contribution in [3.63, 3.8) is 0 Å². The lowest BCUT2D eigenvalue weighted by atomic mass is 9.93. The van der Waals surface area contributed by atoms with Gasteiger partial charge in [-0.25, -0.2) is 9.59 Å². The summed E-state index contributed by atoms with van der Waals surface area (Å²) in [6.45, 7) is 3.56. The van der Waals surface area contributed by atoms with E-state index in [1.54, 1.807) is 13.8 Å². The molecule has 0 saturated carbocycles. The maximum atomic E-state index is 11.3. The molecular formula is C12H17N3O4. The molecule has 0 bridgehead atoms. The molecule has 0 saturated heterocycles. The number of nitrogens with one attached hydrogen (secondary N) is 1. The molecule has 19 heavy (non-hydrogen) atoms. The Morgan fingerprint density at radius 3 is 2.32 bits per heavy atom. The first-order valence-corrected chi connectivity index (χ1v) is 5.92. The van der Waals surface area contributed by atoms with Crippen LogP contribution in [0, 0.1) is 0 Å². The molecule has 0 aliphatic rings. The summed E-state index contributed by atoms with van der Waals surface area (Å²) >= 11 is 0. The number of ether oxygens (including phenoxy) is 1. The van der Waals surface area contributed by atoms with Crippen LogP contribution in [-0.4, -0.2) is 39.9 Å². The smallest absolute Gasteiger partial charge is 0.358 e. The minimum Gasteiger partial charge on any atom is -0.480 e. The molecule has 104 valence electrons. The quantitative estimate of drug-likeness (QED) is 0.749. The van der Waals surface area contributed by atoms with Crippen molar-refractivity contribution in [3.8, 4) is 0 Å². The number of hydrogen-bond donors (Lipinski definition) is 2. The topological polar surface area (TPSA) is 101 Å². The minimum atomic E-state index is -1.08. The van der Waals surface area contributed by atoms with E-state index in [2.05, 4.69) is 20.3 Å². The van der Waals surface area contributed by atoms with Crippen molar-refractivity contribution in [1.82, 2.24) is 10.2 Å². The zero-order valence-corrected chi connectivity index (χ0v) is 11.1. The number of methoxy groups -OCH3 is 1. The molecule has 0 amide bonds. The van der Waals surface area contributed by atoms with Gasteiger partial charge in [-0.15, -0.1) is 10.2 Å². The SMILES string of the molecule is CCC(CC)(Nc1ccc(C(=O)OC)nn1)C(=O)O. The second-order valence-corrected chi connectivity index (χ2v) is 4.01. The predicted octanol–water partition coefficient (Wildman–Crippen LogP) is 1.32. The van der Waals surface area contributed by atoms with E-state index >= 15 is 0 Å². The van der Waals surface area contributed by atoms with Gasteiger partial charge in [-0.1, -0.05) is 13.8 Å². The van der Waals surface area contributed by atoms with Gasteiger partial charge >= 0.3 is 11.9 Å². The van der Waals surface area contributed by atoms with Crippen molar-refractivity contribution in [3.05, 3.63) is 17.8 Å². The summed E-state index contributed by atoms with van der Waals surface area (Å²) < 4.78 is 4.50. The Bertz CT molecular complexity index is 455. The molecule has 0 aliphatic heterocycles. The Morgan fingerprint density at radius 2 is 1.95 bits per heavy atom. The minimum absolute atomic E-state index is 0.0713. The van der Waals surface area contributed by atoms with Crippen LogP contribution >= 0.6 is 0 Å². The van der Waals surface area contributed by atoms with Crippen LogP contribution in [0.5, 0.6) is 0 Å². The number of carbonyl (C=O) groups excluding carboxylic acids is 1. The van der Waals surface area contributed by atoms with Crippen molar-refractivity contribution in [2.75, 3.05) is 12.4 Å². The normalized spacial score (nSPS) is 10.9. The first kappa shape index (κ1) is 14.9. The average Bonchev–Trinajstić information content (AvgIpc) is 2.44. The Kier molecular flexibility index (Phi) is 4.80. The molecule has 1 aromatic rings. The Labute approximate surface area is 111 Å².